The summed E-state index contributed by atoms with van der Waals surface area (Å²) in [6.45, 7) is 0. The topological polar surface area (TPSA) is 84.6 Å². The Morgan fingerprint density at radius 3 is 2.85 bits per heavy atom. The fraction of sp³-hybridized carbons (Fsp3) is 0. The van der Waals surface area contributed by atoms with Gasteiger partial charge < -0.3 is 20.7 Å². The molecule has 1 aromatic carbocycles. The van der Waals surface area contributed by atoms with E-state index < -0.39 is 6.03 Å². The molecular formula is C7H8BN2O3. The zero-order chi connectivity index (χ0) is 9.68. The van der Waals surface area contributed by atoms with Crippen LogP contribution in [0.1, 0.15) is 0 Å². The highest BCUT2D eigenvalue weighted by molar-refractivity contribution is 6.17. The molecule has 4 N–H and O–H groups in total. The predicted octanol–water partition coefficient (Wildman–Crippen LogP) is 0.0825. The normalized spacial score (nSPS) is 9.00. The molecule has 0 aliphatic rings. The van der Waals surface area contributed by atoms with Crippen LogP contribution in [0.15, 0.2) is 24.3 Å². The number of hydrogen-bond donors (Lipinski definition) is 3. The zero-order valence-electron chi connectivity index (χ0n) is 6.73. The smallest absolute Gasteiger partial charge is 0.536 e. The van der Waals surface area contributed by atoms with E-state index in [0.29, 0.717) is 19.1 Å². The molecule has 0 heterocycles. The molecule has 0 saturated heterocycles. The number of para-hydroxylation sites is 2. The molecule has 0 unspecified atom stereocenters. The molecule has 0 spiro atoms. The van der Waals surface area contributed by atoms with Gasteiger partial charge in [-0.05, 0) is 12.1 Å². The number of urea groups is 1. The minimum absolute atomic E-state index is 0.323. The maximum Gasteiger partial charge on any atom is 0.569 e. The third-order valence-corrected chi connectivity index (χ3v) is 1.32. The molecule has 2 amide bonds. The van der Waals surface area contributed by atoms with Crippen molar-refractivity contribution in [3.05, 3.63) is 24.3 Å². The number of hydrogen-bond acceptors (Lipinski definition) is 3. The Balaban J connectivity index is 2.84. The van der Waals surface area contributed by atoms with Crippen molar-refractivity contribution in [1.29, 1.82) is 0 Å². The van der Waals surface area contributed by atoms with Crippen LogP contribution in [0, 0.1) is 0 Å². The quantitative estimate of drug-likeness (QED) is 0.574. The van der Waals surface area contributed by atoms with Crippen molar-refractivity contribution in [3.63, 3.8) is 0 Å². The zero-order valence-corrected chi connectivity index (χ0v) is 6.73. The van der Waals surface area contributed by atoms with Gasteiger partial charge in [0.25, 0.3) is 0 Å². The van der Waals surface area contributed by atoms with Crippen molar-refractivity contribution in [2.24, 2.45) is 5.73 Å². The van der Waals surface area contributed by atoms with E-state index in [1.165, 1.54) is 0 Å². The molecule has 5 nitrogen and oxygen atoms in total. The summed E-state index contributed by atoms with van der Waals surface area (Å²) in [5, 5.41) is 10.7. The van der Waals surface area contributed by atoms with Gasteiger partial charge in [0.1, 0.15) is 5.75 Å². The lowest BCUT2D eigenvalue weighted by atomic mass is 10.2. The number of rotatable bonds is 3. The number of carbonyl (C=O) groups excluding carboxylic acids is 1. The van der Waals surface area contributed by atoms with E-state index in [9.17, 15) is 4.79 Å². The van der Waals surface area contributed by atoms with Crippen molar-refractivity contribution < 1.29 is 14.5 Å². The van der Waals surface area contributed by atoms with E-state index in [0.717, 1.165) is 0 Å². The van der Waals surface area contributed by atoms with Crippen LogP contribution in [0.3, 0.4) is 0 Å². The second-order valence-corrected chi connectivity index (χ2v) is 2.21. The van der Waals surface area contributed by atoms with Crippen LogP contribution in [-0.2, 0) is 0 Å². The molecule has 67 valence electrons. The summed E-state index contributed by atoms with van der Waals surface area (Å²) in [6.07, 6.45) is 0. The van der Waals surface area contributed by atoms with E-state index in [1.54, 1.807) is 24.3 Å². The standard InChI is InChI=1S/C7H8BN2O3/c9-7(11)10-5-3-1-2-4-6(5)13-8-12/h1-4,12H,(H3,9,10,11). The van der Waals surface area contributed by atoms with Gasteiger partial charge in [0, 0.05) is 0 Å². The molecule has 0 aromatic heterocycles. The van der Waals surface area contributed by atoms with Crippen LogP contribution in [-0.4, -0.2) is 18.7 Å². The molecule has 1 aromatic rings. The van der Waals surface area contributed by atoms with Gasteiger partial charge in [0.15, 0.2) is 0 Å². The first-order valence-electron chi connectivity index (χ1n) is 3.52. The number of carbonyl (C=O) groups is 1. The van der Waals surface area contributed by atoms with E-state index in [1.807, 2.05) is 0 Å². The summed E-state index contributed by atoms with van der Waals surface area (Å²) in [6, 6.07) is 5.90. The van der Waals surface area contributed by atoms with Gasteiger partial charge in [0.2, 0.25) is 0 Å². The number of primary amides is 1. The second kappa shape index (κ2) is 4.37. The molecule has 13 heavy (non-hydrogen) atoms. The molecule has 0 fully saturated rings. The van der Waals surface area contributed by atoms with E-state index in [2.05, 4.69) is 5.32 Å². The summed E-state index contributed by atoms with van der Waals surface area (Å²) in [4.78, 5) is 10.5. The Morgan fingerprint density at radius 2 is 2.23 bits per heavy atom. The summed E-state index contributed by atoms with van der Waals surface area (Å²) in [5.41, 5.74) is 5.31. The van der Waals surface area contributed by atoms with Gasteiger partial charge in [-0.25, -0.2) is 4.79 Å². The monoisotopic (exact) mass is 179 g/mol. The first-order valence-corrected chi connectivity index (χ1v) is 3.52. The summed E-state index contributed by atoms with van der Waals surface area (Å²) in [7, 11) is 0.529. The molecule has 1 rings (SSSR count). The van der Waals surface area contributed by atoms with Crippen LogP contribution in [0.4, 0.5) is 10.5 Å². The number of amides is 2. The highest BCUT2D eigenvalue weighted by Crippen LogP contribution is 2.22. The third-order valence-electron chi connectivity index (χ3n) is 1.32. The Labute approximate surface area is 75.8 Å². The lowest BCUT2D eigenvalue weighted by Gasteiger charge is -2.08. The number of benzene rings is 1. The number of nitrogens with one attached hydrogen (secondary N) is 1. The van der Waals surface area contributed by atoms with E-state index in [4.69, 9.17) is 15.4 Å². The first-order chi connectivity index (χ1) is 6.24. The molecular weight excluding hydrogens is 171 g/mol. The highest BCUT2D eigenvalue weighted by Gasteiger charge is 2.03. The fourth-order valence-corrected chi connectivity index (χ4v) is 0.862. The second-order valence-electron chi connectivity index (χ2n) is 2.21. The van der Waals surface area contributed by atoms with Crippen molar-refractivity contribution in [2.75, 3.05) is 5.32 Å². The van der Waals surface area contributed by atoms with Crippen LogP contribution < -0.4 is 15.7 Å². The minimum atomic E-state index is -0.686. The fourth-order valence-electron chi connectivity index (χ4n) is 0.862. The third kappa shape index (κ3) is 2.68. The first kappa shape index (κ1) is 9.40. The molecule has 0 aliphatic heterocycles. The number of anilines is 1. The van der Waals surface area contributed by atoms with Crippen LogP contribution >= 0.6 is 0 Å². The SMILES string of the molecule is NC(=O)Nc1ccccc1O[B]O. The molecule has 0 bridgehead atoms. The van der Waals surface area contributed by atoms with Gasteiger partial charge in [-0.15, -0.1) is 0 Å². The van der Waals surface area contributed by atoms with E-state index in [-0.39, 0.29) is 0 Å². The lowest BCUT2D eigenvalue weighted by molar-refractivity contribution is 0.259. The summed E-state index contributed by atoms with van der Waals surface area (Å²) in [5.74, 6) is 0.323. The van der Waals surface area contributed by atoms with E-state index >= 15 is 0 Å². The predicted molar refractivity (Wildman–Crippen MR) is 48.2 cm³/mol. The Kier molecular flexibility index (Phi) is 3.16. The Morgan fingerprint density at radius 1 is 1.54 bits per heavy atom. The van der Waals surface area contributed by atoms with Crippen molar-refractivity contribution in [2.45, 2.75) is 0 Å². The maximum absolute atomic E-state index is 10.5. The molecule has 0 atom stereocenters. The van der Waals surface area contributed by atoms with Gasteiger partial charge in [-0.1, -0.05) is 12.1 Å². The Hall–Kier alpha value is -1.69. The summed E-state index contributed by atoms with van der Waals surface area (Å²) >= 11 is 0. The van der Waals surface area contributed by atoms with Crippen LogP contribution in [0.25, 0.3) is 0 Å². The van der Waals surface area contributed by atoms with Gasteiger partial charge in [-0.2, -0.15) is 0 Å². The molecule has 1 radical (unpaired) electrons. The maximum atomic E-state index is 10.5. The lowest BCUT2D eigenvalue weighted by Crippen LogP contribution is -2.20. The molecule has 6 heteroatoms. The van der Waals surface area contributed by atoms with Gasteiger partial charge >= 0.3 is 13.7 Å². The van der Waals surface area contributed by atoms with Gasteiger partial charge in [0.05, 0.1) is 5.69 Å². The van der Waals surface area contributed by atoms with Crippen molar-refractivity contribution in [1.82, 2.24) is 0 Å². The van der Waals surface area contributed by atoms with Crippen LogP contribution in [0.2, 0.25) is 0 Å². The largest absolute Gasteiger partial charge is 0.569 e. The Bertz CT molecular complexity index is 306. The van der Waals surface area contributed by atoms with Crippen molar-refractivity contribution in [3.8, 4) is 5.75 Å². The molecule has 0 saturated carbocycles. The minimum Gasteiger partial charge on any atom is -0.536 e. The summed E-state index contributed by atoms with van der Waals surface area (Å²) < 4.78 is 4.70. The number of nitrogens with two attached hydrogens (primary N) is 1. The highest BCUT2D eigenvalue weighted by atomic mass is 16.5. The van der Waals surface area contributed by atoms with Crippen molar-refractivity contribution >= 4 is 19.4 Å². The molecule has 0 aliphatic carbocycles. The van der Waals surface area contributed by atoms with Crippen LogP contribution in [0.5, 0.6) is 5.75 Å². The average molecular weight is 179 g/mol. The average Bonchev–Trinajstić information content (AvgIpc) is 2.08. The van der Waals surface area contributed by atoms with Gasteiger partial charge in [-0.3, -0.25) is 0 Å².